The van der Waals surface area contributed by atoms with Crippen LogP contribution in [0.2, 0.25) is 0 Å². The van der Waals surface area contributed by atoms with Gasteiger partial charge in [-0.3, -0.25) is 14.3 Å². The van der Waals surface area contributed by atoms with Crippen LogP contribution in [-0.4, -0.2) is 76.3 Å². The summed E-state index contributed by atoms with van der Waals surface area (Å²) in [5.41, 5.74) is -2.53. The number of hydrogen-bond donors (Lipinski definition) is 0. The minimum absolute atomic E-state index is 0.101. The molecule has 0 unspecified atom stereocenters. The maximum absolute atomic E-state index is 15.2. The number of carbonyl (C=O) groups is 1. The number of carbonyl (C=O) groups excluding carboxylic acids is 1. The zero-order valence-corrected chi connectivity index (χ0v) is 23.9. The Kier molecular flexibility index (Phi) is 6.62. The highest BCUT2D eigenvalue weighted by molar-refractivity contribution is 7.99. The van der Waals surface area contributed by atoms with Crippen molar-refractivity contribution in [3.05, 3.63) is 64.6 Å². The first-order chi connectivity index (χ1) is 20.5. The Bertz CT molecular complexity index is 1720. The van der Waals surface area contributed by atoms with E-state index < -0.39 is 34.6 Å². The first-order valence-electron chi connectivity index (χ1n) is 14.2. The number of benzene rings is 2. The third-order valence-corrected chi connectivity index (χ3v) is 10.4. The Balaban J connectivity index is 1.45. The molecule has 4 heterocycles. The predicted octanol–water partition coefficient (Wildman–Crippen LogP) is 4.77. The number of aromatic nitrogens is 2. The van der Waals surface area contributed by atoms with E-state index in [0.29, 0.717) is 31.0 Å². The van der Waals surface area contributed by atoms with Crippen LogP contribution in [0.1, 0.15) is 18.4 Å². The third kappa shape index (κ3) is 4.80. The summed E-state index contributed by atoms with van der Waals surface area (Å²) in [6.45, 7) is 6.27. The van der Waals surface area contributed by atoms with E-state index in [2.05, 4.69) is 16.5 Å². The first-order valence-corrected chi connectivity index (χ1v) is 15.1. The van der Waals surface area contributed by atoms with Gasteiger partial charge in [-0.1, -0.05) is 6.58 Å². The van der Waals surface area contributed by atoms with E-state index in [1.54, 1.807) is 9.80 Å². The normalized spacial score (nSPS) is 20.3. The zero-order valence-electron chi connectivity index (χ0n) is 23.1. The maximum Gasteiger partial charge on any atom is 0.417 e. The minimum Gasteiger partial charge on any atom is -0.352 e. The highest BCUT2D eigenvalue weighted by Gasteiger charge is 2.50. The molecule has 2 saturated heterocycles. The quantitative estimate of drug-likeness (QED) is 0.311. The molecule has 0 bridgehead atoms. The van der Waals surface area contributed by atoms with E-state index in [-0.39, 0.29) is 71.2 Å². The molecule has 1 aromatic heterocycles. The van der Waals surface area contributed by atoms with Crippen molar-refractivity contribution in [1.29, 1.82) is 0 Å². The molecule has 7 rings (SSSR count). The second kappa shape index (κ2) is 10.0. The van der Waals surface area contributed by atoms with Gasteiger partial charge in [0.1, 0.15) is 17.5 Å². The van der Waals surface area contributed by atoms with Crippen LogP contribution < -0.4 is 10.6 Å². The van der Waals surface area contributed by atoms with Crippen LogP contribution >= 0.6 is 11.8 Å². The lowest BCUT2D eigenvalue weighted by molar-refractivity contribution is -0.137. The molecule has 1 amide bonds. The van der Waals surface area contributed by atoms with Gasteiger partial charge in [-0.05, 0) is 37.1 Å². The van der Waals surface area contributed by atoms with Gasteiger partial charge in [0.2, 0.25) is 5.91 Å². The Morgan fingerprint density at radius 2 is 1.79 bits per heavy atom. The highest BCUT2D eigenvalue weighted by Crippen LogP contribution is 2.52. The van der Waals surface area contributed by atoms with E-state index in [9.17, 15) is 27.2 Å². The van der Waals surface area contributed by atoms with Gasteiger partial charge < -0.3 is 9.80 Å². The average Bonchev–Trinajstić information content (AvgIpc) is 3.80. The summed E-state index contributed by atoms with van der Waals surface area (Å²) in [5.74, 6) is -1.74. The Hall–Kier alpha value is -3.45. The van der Waals surface area contributed by atoms with Crippen molar-refractivity contribution < 1.29 is 26.7 Å². The summed E-state index contributed by atoms with van der Waals surface area (Å²) < 4.78 is 75.1. The molecular formula is C30H28F5N5O2S. The maximum atomic E-state index is 15.2. The number of rotatable bonds is 4. The van der Waals surface area contributed by atoms with Crippen molar-refractivity contribution >= 4 is 34.4 Å². The SMILES string of the molecule is C=CC(=O)N1CCN(c2nc(=O)n3c4c(c(-c5ccc(F)cc5F)c(C(F)(F)F)cc24)SCC2(CN(C4CC4)C2)C3)CC1. The summed E-state index contributed by atoms with van der Waals surface area (Å²) in [6.07, 6.45) is -1.47. The molecule has 43 heavy (non-hydrogen) atoms. The number of halogens is 5. The van der Waals surface area contributed by atoms with Crippen LogP contribution in [0.4, 0.5) is 27.8 Å². The van der Waals surface area contributed by atoms with Crippen LogP contribution in [0, 0.1) is 17.0 Å². The largest absolute Gasteiger partial charge is 0.417 e. The van der Waals surface area contributed by atoms with Crippen LogP contribution in [0.5, 0.6) is 0 Å². The van der Waals surface area contributed by atoms with Crippen LogP contribution in [-0.2, 0) is 17.5 Å². The third-order valence-electron chi connectivity index (χ3n) is 8.93. The number of thioether (sulfide) groups is 1. The van der Waals surface area contributed by atoms with Gasteiger partial charge in [0.05, 0.1) is 11.1 Å². The minimum atomic E-state index is -4.89. The van der Waals surface area contributed by atoms with E-state index >= 15 is 4.39 Å². The fraction of sp³-hybridized carbons (Fsp3) is 0.433. The molecule has 3 aromatic rings. The fourth-order valence-corrected chi connectivity index (χ4v) is 8.13. The Morgan fingerprint density at radius 3 is 2.42 bits per heavy atom. The number of anilines is 1. The van der Waals surface area contributed by atoms with Gasteiger partial charge in [-0.2, -0.15) is 18.2 Å². The van der Waals surface area contributed by atoms with Gasteiger partial charge in [0, 0.05) is 90.5 Å². The van der Waals surface area contributed by atoms with Gasteiger partial charge >= 0.3 is 11.9 Å². The second-order valence-electron chi connectivity index (χ2n) is 11.9. The molecule has 4 aliphatic rings. The topological polar surface area (TPSA) is 61.7 Å². The van der Waals surface area contributed by atoms with E-state index in [4.69, 9.17) is 0 Å². The van der Waals surface area contributed by atoms with E-state index in [0.717, 1.165) is 31.0 Å². The fourth-order valence-electron chi connectivity index (χ4n) is 6.68. The lowest BCUT2D eigenvalue weighted by Crippen LogP contribution is -2.60. The lowest BCUT2D eigenvalue weighted by Gasteiger charge is -2.50. The number of likely N-dealkylation sites (tertiary alicyclic amines) is 1. The van der Waals surface area contributed by atoms with Gasteiger partial charge in [0.15, 0.2) is 0 Å². The van der Waals surface area contributed by atoms with E-state index in [1.165, 1.54) is 22.4 Å². The molecule has 3 fully saturated rings. The van der Waals surface area contributed by atoms with Gasteiger partial charge in [-0.15, -0.1) is 11.8 Å². The molecule has 1 saturated carbocycles. The van der Waals surface area contributed by atoms with Crippen LogP contribution in [0.3, 0.4) is 0 Å². The van der Waals surface area contributed by atoms with Crippen molar-refractivity contribution in [2.45, 2.75) is 36.5 Å². The molecule has 7 nitrogen and oxygen atoms in total. The van der Waals surface area contributed by atoms with Crippen molar-refractivity contribution in [1.82, 2.24) is 19.4 Å². The number of hydrogen-bond acceptors (Lipinski definition) is 6. The summed E-state index contributed by atoms with van der Waals surface area (Å²) in [6, 6.07) is 3.99. The number of amides is 1. The smallest absolute Gasteiger partial charge is 0.352 e. The molecule has 13 heteroatoms. The van der Waals surface area contributed by atoms with Crippen LogP contribution in [0.25, 0.3) is 22.0 Å². The van der Waals surface area contributed by atoms with Gasteiger partial charge in [0.25, 0.3) is 0 Å². The molecule has 226 valence electrons. The average molecular weight is 618 g/mol. The summed E-state index contributed by atoms with van der Waals surface area (Å²) in [7, 11) is 0. The van der Waals surface area contributed by atoms with Crippen molar-refractivity contribution in [2.24, 2.45) is 5.41 Å². The molecule has 2 aromatic carbocycles. The number of alkyl halides is 3. The standard InChI is InChI=1S/C30H28F5N5O2S/c1-2-23(41)37-7-9-38(10-8-37)27-20-12-21(30(33,34)35)24(19-6-3-17(31)11-22(19)32)26-25(20)40(28(42)36-27)15-29(16-43-26)13-39(14-29)18-4-5-18/h2-3,6,11-12,18H,1,4-5,7-10,13-16H2. The summed E-state index contributed by atoms with van der Waals surface area (Å²) in [5, 5.41) is 0.139. The van der Waals surface area contributed by atoms with Crippen molar-refractivity contribution in [3.63, 3.8) is 0 Å². The highest BCUT2D eigenvalue weighted by atomic mass is 32.2. The number of nitrogens with zero attached hydrogens (tertiary/aromatic N) is 5. The van der Waals surface area contributed by atoms with E-state index in [1.807, 2.05) is 0 Å². The zero-order chi connectivity index (χ0) is 30.3. The molecule has 3 aliphatic heterocycles. The first kappa shape index (κ1) is 28.3. The summed E-state index contributed by atoms with van der Waals surface area (Å²) in [4.78, 5) is 36.0. The number of piperazine rings is 1. The van der Waals surface area contributed by atoms with Crippen molar-refractivity contribution in [3.8, 4) is 11.1 Å². The molecule has 1 spiro atoms. The second-order valence-corrected chi connectivity index (χ2v) is 12.9. The summed E-state index contributed by atoms with van der Waals surface area (Å²) >= 11 is 1.20. The Morgan fingerprint density at radius 1 is 1.07 bits per heavy atom. The van der Waals surface area contributed by atoms with Crippen LogP contribution in [0.15, 0.2) is 46.6 Å². The molecular weight excluding hydrogens is 589 g/mol. The monoisotopic (exact) mass is 617 g/mol. The predicted molar refractivity (Wildman–Crippen MR) is 153 cm³/mol. The molecule has 0 radical (unpaired) electrons. The van der Waals surface area contributed by atoms with Crippen molar-refractivity contribution in [2.75, 3.05) is 49.9 Å². The Labute approximate surface area is 247 Å². The molecule has 0 atom stereocenters. The molecule has 1 aliphatic carbocycles. The lowest BCUT2D eigenvalue weighted by atomic mass is 9.81. The van der Waals surface area contributed by atoms with Gasteiger partial charge in [-0.25, -0.2) is 13.6 Å². The molecule has 0 N–H and O–H groups in total.